The molecule has 0 bridgehead atoms. The fourth-order valence-electron chi connectivity index (χ4n) is 0.712. The third-order valence-electron chi connectivity index (χ3n) is 1.20. The highest BCUT2D eigenvalue weighted by Gasteiger charge is 2.25. The van der Waals surface area contributed by atoms with E-state index in [4.69, 9.17) is 5.84 Å². The second-order valence-corrected chi connectivity index (χ2v) is 1.72. The molecule has 0 saturated carbocycles. The monoisotopic (exact) mass is 107 g/mol. The van der Waals surface area contributed by atoms with Gasteiger partial charge in [-0.05, 0) is 12.1 Å². The van der Waals surface area contributed by atoms with Gasteiger partial charge < -0.3 is 0 Å². The van der Waals surface area contributed by atoms with E-state index >= 15 is 0 Å². The first-order valence-electron chi connectivity index (χ1n) is 2.39. The summed E-state index contributed by atoms with van der Waals surface area (Å²) in [5.74, 6) is 6.26. The van der Waals surface area contributed by atoms with E-state index in [9.17, 15) is 0 Å². The van der Waals surface area contributed by atoms with Gasteiger partial charge in [-0.15, -0.1) is 0 Å². The maximum Gasteiger partial charge on any atom is 0.173 e. The van der Waals surface area contributed by atoms with E-state index < -0.39 is 0 Å². The first-order chi connectivity index (χ1) is 3.89. The van der Waals surface area contributed by atoms with Crippen molar-refractivity contribution in [2.24, 2.45) is 5.84 Å². The Morgan fingerprint density at radius 1 is 1.62 bits per heavy atom. The Labute approximate surface area is 46.7 Å². The van der Waals surface area contributed by atoms with Gasteiger partial charge in [0.2, 0.25) is 0 Å². The molecule has 0 aromatic carbocycles. The highest BCUT2D eigenvalue weighted by atomic mass is 15.5. The molecule has 0 fully saturated rings. The van der Waals surface area contributed by atoms with E-state index in [0.29, 0.717) is 0 Å². The maximum atomic E-state index is 5.37. The summed E-state index contributed by atoms with van der Waals surface area (Å²) in [5, 5.41) is 1.56. The number of rotatable bonds is 0. The zero-order chi connectivity index (χ0) is 5.56. The molecule has 1 aliphatic heterocycles. The van der Waals surface area contributed by atoms with E-state index in [1.165, 1.54) is 0 Å². The minimum absolute atomic E-state index is 0.896. The smallest absolute Gasteiger partial charge is 0.173 e. The molecule has 0 unspecified atom stereocenters. The van der Waals surface area contributed by atoms with Crippen LogP contribution < -0.4 is 10.9 Å². The standard InChI is InChI=1S/C5H5N3/c6-8-4-2-1-3-7-5(4)8/h1-3H,6H2. The van der Waals surface area contributed by atoms with Crippen LogP contribution in [-0.4, -0.2) is 4.98 Å². The van der Waals surface area contributed by atoms with E-state index in [1.807, 2.05) is 12.1 Å². The summed E-state index contributed by atoms with van der Waals surface area (Å²) in [5.41, 5.74) is 1.03. The third-order valence-corrected chi connectivity index (χ3v) is 1.20. The van der Waals surface area contributed by atoms with Gasteiger partial charge >= 0.3 is 0 Å². The number of hydrogen-bond donors (Lipinski definition) is 1. The van der Waals surface area contributed by atoms with Gasteiger partial charge in [0.1, 0.15) is 5.69 Å². The molecule has 0 amide bonds. The average molecular weight is 107 g/mol. The van der Waals surface area contributed by atoms with Gasteiger partial charge in [0.05, 0.1) is 0 Å². The van der Waals surface area contributed by atoms with Crippen LogP contribution in [0.4, 0.5) is 11.5 Å². The van der Waals surface area contributed by atoms with Gasteiger partial charge in [0.15, 0.2) is 5.82 Å². The Morgan fingerprint density at radius 2 is 2.50 bits per heavy atom. The van der Waals surface area contributed by atoms with Crippen LogP contribution in [-0.2, 0) is 0 Å². The predicted octanol–water partition coefficient (Wildman–Crippen LogP) is 0.407. The summed E-state index contributed by atoms with van der Waals surface area (Å²) >= 11 is 0. The van der Waals surface area contributed by atoms with Crippen LogP contribution in [0.15, 0.2) is 18.3 Å². The number of nitrogens with two attached hydrogens (primary N) is 1. The molecule has 0 atom stereocenters. The van der Waals surface area contributed by atoms with Crippen molar-refractivity contribution in [3.05, 3.63) is 18.3 Å². The molecule has 2 rings (SSSR count). The Morgan fingerprint density at radius 3 is 3.00 bits per heavy atom. The van der Waals surface area contributed by atoms with E-state index in [1.54, 1.807) is 11.2 Å². The zero-order valence-corrected chi connectivity index (χ0v) is 4.20. The maximum absolute atomic E-state index is 5.37. The Bertz CT molecular complexity index is 198. The Kier molecular flexibility index (Phi) is 0.484. The summed E-state index contributed by atoms with van der Waals surface area (Å²) in [6.07, 6.45) is 1.73. The van der Waals surface area contributed by atoms with Gasteiger partial charge in [-0.25, -0.2) is 10.8 Å². The van der Waals surface area contributed by atoms with Crippen molar-refractivity contribution >= 4 is 11.5 Å². The number of hydrazine groups is 1. The molecule has 3 heteroatoms. The first kappa shape index (κ1) is 3.86. The summed E-state index contributed by atoms with van der Waals surface area (Å²) in [6, 6.07) is 3.80. The number of pyridine rings is 1. The highest BCUT2D eigenvalue weighted by molar-refractivity contribution is 5.87. The van der Waals surface area contributed by atoms with Gasteiger partial charge in [0, 0.05) is 6.20 Å². The molecular weight excluding hydrogens is 102 g/mol. The van der Waals surface area contributed by atoms with Crippen LogP contribution >= 0.6 is 0 Å². The van der Waals surface area contributed by atoms with Crippen LogP contribution in [0.3, 0.4) is 0 Å². The highest BCUT2D eigenvalue weighted by Crippen LogP contribution is 2.40. The molecule has 2 heterocycles. The number of anilines is 2. The number of hydrogen-bond acceptors (Lipinski definition) is 3. The van der Waals surface area contributed by atoms with Crippen molar-refractivity contribution in [3.8, 4) is 0 Å². The van der Waals surface area contributed by atoms with E-state index in [2.05, 4.69) is 4.98 Å². The lowest BCUT2D eigenvalue weighted by Gasteiger charge is -1.79. The zero-order valence-electron chi connectivity index (χ0n) is 4.20. The number of nitrogens with zero attached hydrogens (tertiary/aromatic N) is 2. The minimum atomic E-state index is 0.896. The third kappa shape index (κ3) is 0.297. The Balaban J connectivity index is 2.58. The van der Waals surface area contributed by atoms with Gasteiger partial charge in [0.25, 0.3) is 0 Å². The van der Waals surface area contributed by atoms with Crippen molar-refractivity contribution in [3.63, 3.8) is 0 Å². The quantitative estimate of drug-likeness (QED) is 0.385. The first-order valence-corrected chi connectivity index (χ1v) is 2.39. The van der Waals surface area contributed by atoms with Crippen molar-refractivity contribution in [1.82, 2.24) is 4.98 Å². The fraction of sp³-hybridized carbons (Fsp3) is 0. The SMILES string of the molecule is NN1c2cccnc21. The molecule has 3 nitrogen and oxygen atoms in total. The van der Waals surface area contributed by atoms with Gasteiger partial charge in [-0.1, -0.05) is 0 Å². The summed E-state index contributed by atoms with van der Waals surface area (Å²) < 4.78 is 0. The minimum Gasteiger partial charge on any atom is -0.257 e. The largest absolute Gasteiger partial charge is 0.257 e. The molecule has 0 spiro atoms. The summed E-state index contributed by atoms with van der Waals surface area (Å²) in [4.78, 5) is 3.95. The lowest BCUT2D eigenvalue weighted by atomic mass is 10.5. The van der Waals surface area contributed by atoms with Crippen LogP contribution in [0.5, 0.6) is 0 Å². The second kappa shape index (κ2) is 1.00. The van der Waals surface area contributed by atoms with Crippen molar-refractivity contribution in [1.29, 1.82) is 0 Å². The summed E-state index contributed by atoms with van der Waals surface area (Å²) in [6.45, 7) is 0. The fourth-order valence-corrected chi connectivity index (χ4v) is 0.712. The van der Waals surface area contributed by atoms with Gasteiger partial charge in [-0.3, -0.25) is 5.01 Å². The van der Waals surface area contributed by atoms with Crippen LogP contribution in [0, 0.1) is 0 Å². The van der Waals surface area contributed by atoms with Gasteiger partial charge in [-0.2, -0.15) is 0 Å². The molecule has 8 heavy (non-hydrogen) atoms. The van der Waals surface area contributed by atoms with E-state index in [0.717, 1.165) is 11.5 Å². The lowest BCUT2D eigenvalue weighted by Crippen LogP contribution is -2.07. The molecule has 2 N–H and O–H groups in total. The molecular formula is C5H5N3. The second-order valence-electron chi connectivity index (χ2n) is 1.72. The van der Waals surface area contributed by atoms with Crippen LogP contribution in [0.2, 0.25) is 0 Å². The number of aromatic nitrogens is 1. The van der Waals surface area contributed by atoms with Crippen molar-refractivity contribution in [2.75, 3.05) is 5.01 Å². The van der Waals surface area contributed by atoms with Crippen molar-refractivity contribution < 1.29 is 0 Å². The molecule has 1 aromatic heterocycles. The van der Waals surface area contributed by atoms with Crippen LogP contribution in [0.1, 0.15) is 0 Å². The molecule has 0 aliphatic carbocycles. The topological polar surface area (TPSA) is 41.9 Å². The van der Waals surface area contributed by atoms with Crippen molar-refractivity contribution in [2.45, 2.75) is 0 Å². The van der Waals surface area contributed by atoms with E-state index in [-0.39, 0.29) is 0 Å². The predicted molar refractivity (Wildman–Crippen MR) is 30.6 cm³/mol. The van der Waals surface area contributed by atoms with Crippen LogP contribution in [0.25, 0.3) is 0 Å². The molecule has 1 aliphatic rings. The molecule has 0 saturated heterocycles. The Hall–Kier alpha value is -1.09. The average Bonchev–Trinajstić information content (AvgIpc) is 2.46. The molecule has 0 radical (unpaired) electrons. The molecule has 1 aromatic rings. The molecule has 40 valence electrons. The summed E-state index contributed by atoms with van der Waals surface area (Å²) in [7, 11) is 0. The lowest BCUT2D eigenvalue weighted by molar-refractivity contribution is 1.20. The normalized spacial score (nSPS) is 13.4. The number of fused-ring (bicyclic) bond motifs is 1.